The van der Waals surface area contributed by atoms with Crippen molar-refractivity contribution in [2.24, 2.45) is 5.92 Å². The Labute approximate surface area is 122 Å². The molecule has 0 bridgehead atoms. The van der Waals surface area contributed by atoms with E-state index in [9.17, 15) is 9.59 Å². The van der Waals surface area contributed by atoms with E-state index in [0.717, 1.165) is 0 Å². The Bertz CT molecular complexity index is 560. The van der Waals surface area contributed by atoms with Crippen LogP contribution in [-0.4, -0.2) is 55.3 Å². The van der Waals surface area contributed by atoms with Crippen LogP contribution in [0.3, 0.4) is 0 Å². The van der Waals surface area contributed by atoms with Gasteiger partial charge in [0.15, 0.2) is 0 Å². The number of carbonyl (C=O) groups excluding carboxylic acids is 1. The lowest BCUT2D eigenvalue weighted by Gasteiger charge is -2.27. The summed E-state index contributed by atoms with van der Waals surface area (Å²) in [5.41, 5.74) is 6.43. The zero-order valence-corrected chi connectivity index (χ0v) is 11.9. The Morgan fingerprint density at radius 1 is 1.43 bits per heavy atom. The summed E-state index contributed by atoms with van der Waals surface area (Å²) in [4.78, 5) is 25.1. The first-order valence-corrected chi connectivity index (χ1v) is 6.47. The first kappa shape index (κ1) is 15.1. The highest BCUT2D eigenvalue weighted by molar-refractivity contribution is 5.99. The smallest absolute Gasteiger partial charge is 0.311 e. The predicted molar refractivity (Wildman–Crippen MR) is 75.2 cm³/mol. The number of hydrogen-bond acceptors (Lipinski definition) is 5. The molecule has 0 spiro atoms. The van der Waals surface area contributed by atoms with Gasteiger partial charge >= 0.3 is 5.97 Å². The average Bonchev–Trinajstić information content (AvgIpc) is 2.96. The largest absolute Gasteiger partial charge is 0.497 e. The number of benzene rings is 1. The Morgan fingerprint density at radius 3 is 2.76 bits per heavy atom. The number of carbonyl (C=O) groups is 2. The molecule has 21 heavy (non-hydrogen) atoms. The lowest BCUT2D eigenvalue weighted by Crippen LogP contribution is -2.44. The highest BCUT2D eigenvalue weighted by atomic mass is 16.5. The minimum absolute atomic E-state index is 0.102. The molecule has 1 amide bonds. The maximum Gasteiger partial charge on any atom is 0.311 e. The molecular weight excluding hydrogens is 276 g/mol. The monoisotopic (exact) mass is 294 g/mol. The number of nitrogen functional groups attached to an aromatic ring is 1. The number of nitrogens with two attached hydrogens (primary N) is 1. The van der Waals surface area contributed by atoms with Crippen molar-refractivity contribution >= 4 is 17.6 Å². The van der Waals surface area contributed by atoms with E-state index in [1.165, 1.54) is 12.0 Å². The van der Waals surface area contributed by atoms with E-state index in [-0.39, 0.29) is 24.7 Å². The van der Waals surface area contributed by atoms with Crippen LogP contribution in [-0.2, 0) is 9.53 Å². The van der Waals surface area contributed by atoms with Crippen molar-refractivity contribution in [3.8, 4) is 5.75 Å². The summed E-state index contributed by atoms with van der Waals surface area (Å²) in [6.45, 7) is 0.300. The Hall–Kier alpha value is -2.28. The van der Waals surface area contributed by atoms with Crippen molar-refractivity contribution in [1.29, 1.82) is 0 Å². The van der Waals surface area contributed by atoms with Crippen LogP contribution in [0.5, 0.6) is 5.75 Å². The van der Waals surface area contributed by atoms with Crippen molar-refractivity contribution in [1.82, 2.24) is 4.90 Å². The molecule has 2 rings (SSSR count). The van der Waals surface area contributed by atoms with E-state index in [1.807, 2.05) is 0 Å². The molecule has 1 fully saturated rings. The zero-order chi connectivity index (χ0) is 15.6. The van der Waals surface area contributed by atoms with Crippen molar-refractivity contribution in [2.75, 3.05) is 33.1 Å². The molecule has 114 valence electrons. The first-order valence-electron chi connectivity index (χ1n) is 6.47. The molecule has 0 saturated carbocycles. The highest BCUT2D eigenvalue weighted by Gasteiger charge is 2.39. The molecule has 7 heteroatoms. The highest BCUT2D eigenvalue weighted by Crippen LogP contribution is 2.25. The zero-order valence-electron chi connectivity index (χ0n) is 11.9. The van der Waals surface area contributed by atoms with E-state index in [1.54, 1.807) is 25.2 Å². The van der Waals surface area contributed by atoms with E-state index in [0.29, 0.717) is 11.4 Å². The van der Waals surface area contributed by atoms with E-state index < -0.39 is 17.9 Å². The number of hydrogen-bond donors (Lipinski definition) is 2. The summed E-state index contributed by atoms with van der Waals surface area (Å²) in [7, 11) is 3.05. The number of carboxylic acids is 1. The maximum atomic E-state index is 12.5. The number of nitrogens with zero attached hydrogens (tertiary/aromatic N) is 1. The third-order valence-electron chi connectivity index (χ3n) is 3.68. The number of rotatable bonds is 4. The quantitative estimate of drug-likeness (QED) is 0.782. The molecule has 0 radical (unpaired) electrons. The second-order valence-electron chi connectivity index (χ2n) is 4.92. The lowest BCUT2D eigenvalue weighted by molar-refractivity contribution is -0.142. The van der Waals surface area contributed by atoms with Crippen LogP contribution >= 0.6 is 0 Å². The van der Waals surface area contributed by atoms with Gasteiger partial charge in [-0.3, -0.25) is 9.59 Å². The fourth-order valence-corrected chi connectivity index (χ4v) is 2.35. The van der Waals surface area contributed by atoms with Crippen molar-refractivity contribution < 1.29 is 24.2 Å². The molecule has 1 aromatic rings. The standard InChI is InChI=1S/C14H18N2O5/c1-16(12-7-21-6-10(12)14(18)19)13(17)9-5-8(20-2)3-4-11(9)15/h3-5,10,12H,6-7,15H2,1-2H3,(H,18,19). The Balaban J connectivity index is 2.25. The van der Waals surface area contributed by atoms with Crippen LogP contribution in [0, 0.1) is 5.92 Å². The normalized spacial score (nSPS) is 21.0. The second-order valence-corrected chi connectivity index (χ2v) is 4.92. The molecule has 2 atom stereocenters. The summed E-state index contributed by atoms with van der Waals surface area (Å²) < 4.78 is 10.3. The number of anilines is 1. The van der Waals surface area contributed by atoms with Crippen LogP contribution in [0.15, 0.2) is 18.2 Å². The summed E-state index contributed by atoms with van der Waals surface area (Å²) in [6, 6.07) is 4.27. The third-order valence-corrected chi connectivity index (χ3v) is 3.68. The van der Waals surface area contributed by atoms with Gasteiger partial charge in [0, 0.05) is 12.7 Å². The van der Waals surface area contributed by atoms with Gasteiger partial charge in [-0.2, -0.15) is 0 Å². The topological polar surface area (TPSA) is 102 Å². The SMILES string of the molecule is COc1ccc(N)c(C(=O)N(C)C2COCC2C(=O)O)c1. The van der Waals surface area contributed by atoms with Gasteiger partial charge < -0.3 is 25.2 Å². The molecule has 0 aromatic heterocycles. The number of methoxy groups -OCH3 is 1. The summed E-state index contributed by atoms with van der Waals surface area (Å²) in [6.07, 6.45) is 0. The number of carboxylic acid groups (broad SMARTS) is 1. The molecule has 7 nitrogen and oxygen atoms in total. The van der Waals surface area contributed by atoms with Crippen LogP contribution in [0.1, 0.15) is 10.4 Å². The molecule has 0 aliphatic carbocycles. The minimum atomic E-state index is -0.976. The Kier molecular flexibility index (Phi) is 4.32. The second kappa shape index (κ2) is 6.01. The first-order chi connectivity index (χ1) is 9.95. The van der Waals surface area contributed by atoms with Crippen molar-refractivity contribution in [3.63, 3.8) is 0 Å². The summed E-state index contributed by atoms with van der Waals surface area (Å²) in [5.74, 6) is -1.55. The van der Waals surface area contributed by atoms with E-state index in [4.69, 9.17) is 20.3 Å². The van der Waals surface area contributed by atoms with Crippen LogP contribution in [0.4, 0.5) is 5.69 Å². The molecular formula is C14H18N2O5. The summed E-state index contributed by atoms with van der Waals surface area (Å²) >= 11 is 0. The molecule has 1 aliphatic heterocycles. The van der Waals surface area contributed by atoms with Crippen molar-refractivity contribution in [3.05, 3.63) is 23.8 Å². The summed E-state index contributed by atoms with van der Waals surface area (Å²) in [5, 5.41) is 9.16. The Morgan fingerprint density at radius 2 is 2.14 bits per heavy atom. The number of amides is 1. The van der Waals surface area contributed by atoms with Gasteiger partial charge in [-0.1, -0.05) is 0 Å². The van der Waals surface area contributed by atoms with E-state index in [2.05, 4.69) is 0 Å². The van der Waals surface area contributed by atoms with Gasteiger partial charge in [0.2, 0.25) is 0 Å². The van der Waals surface area contributed by atoms with E-state index >= 15 is 0 Å². The molecule has 1 aliphatic rings. The van der Waals surface area contributed by atoms with Gasteiger partial charge in [0.25, 0.3) is 5.91 Å². The molecule has 1 aromatic carbocycles. The molecule has 1 heterocycles. The predicted octanol–water partition coefficient (Wildman–Crippen LogP) is 0.449. The van der Waals surface area contributed by atoms with Gasteiger partial charge in [-0.15, -0.1) is 0 Å². The van der Waals surface area contributed by atoms with Crippen LogP contribution in [0.2, 0.25) is 0 Å². The maximum absolute atomic E-state index is 12.5. The fraction of sp³-hybridized carbons (Fsp3) is 0.429. The van der Waals surface area contributed by atoms with Gasteiger partial charge in [0.1, 0.15) is 11.7 Å². The fourth-order valence-electron chi connectivity index (χ4n) is 2.35. The molecule has 1 saturated heterocycles. The number of likely N-dealkylation sites (N-methyl/N-ethyl adjacent to an activating group) is 1. The van der Waals surface area contributed by atoms with Gasteiger partial charge in [0.05, 0.1) is 31.9 Å². The molecule has 2 unspecified atom stereocenters. The minimum Gasteiger partial charge on any atom is -0.497 e. The van der Waals surface area contributed by atoms with Gasteiger partial charge in [-0.05, 0) is 18.2 Å². The van der Waals surface area contributed by atoms with Gasteiger partial charge in [-0.25, -0.2) is 0 Å². The number of aliphatic carboxylic acids is 1. The molecule has 3 N–H and O–H groups in total. The van der Waals surface area contributed by atoms with Crippen molar-refractivity contribution in [2.45, 2.75) is 6.04 Å². The third kappa shape index (κ3) is 2.92. The van der Waals surface area contributed by atoms with Crippen LogP contribution < -0.4 is 10.5 Å². The number of ether oxygens (including phenoxy) is 2. The lowest BCUT2D eigenvalue weighted by atomic mass is 10.0. The van der Waals surface area contributed by atoms with Crippen LogP contribution in [0.25, 0.3) is 0 Å². The average molecular weight is 294 g/mol.